The minimum atomic E-state index is 0.166. The average Bonchev–Trinajstić information content (AvgIpc) is 2.46. The molecule has 2 rings (SSSR count). The summed E-state index contributed by atoms with van der Waals surface area (Å²) in [4.78, 5) is 18.4. The lowest BCUT2D eigenvalue weighted by Crippen LogP contribution is -2.40. The van der Waals surface area contributed by atoms with Gasteiger partial charge in [-0.15, -0.1) is 0 Å². The number of pyridine rings is 1. The molecule has 1 saturated carbocycles. The van der Waals surface area contributed by atoms with E-state index in [-0.39, 0.29) is 5.91 Å². The molecule has 4 nitrogen and oxygen atoms in total. The van der Waals surface area contributed by atoms with Crippen molar-refractivity contribution in [3.8, 4) is 0 Å². The fourth-order valence-electron chi connectivity index (χ4n) is 2.59. The Bertz CT molecular complexity index is 458. The number of nitrogens with two attached hydrogens (primary N) is 1. The second-order valence-corrected chi connectivity index (χ2v) is 6.57. The molecule has 0 aliphatic heterocycles. The average molecular weight is 293 g/mol. The molecule has 0 atom stereocenters. The van der Waals surface area contributed by atoms with Crippen LogP contribution in [0.4, 0.5) is 5.69 Å². The van der Waals surface area contributed by atoms with Crippen molar-refractivity contribution in [2.75, 3.05) is 18.5 Å². The fourth-order valence-corrected chi connectivity index (χ4v) is 3.42. The van der Waals surface area contributed by atoms with Crippen molar-refractivity contribution < 1.29 is 4.79 Å². The Morgan fingerprint density at radius 3 is 2.80 bits per heavy atom. The van der Waals surface area contributed by atoms with E-state index in [1.165, 1.54) is 24.6 Å². The van der Waals surface area contributed by atoms with Crippen molar-refractivity contribution in [1.29, 1.82) is 0 Å². The van der Waals surface area contributed by atoms with Crippen LogP contribution < -0.4 is 5.73 Å². The predicted molar refractivity (Wildman–Crippen MR) is 83.6 cm³/mol. The largest absolute Gasteiger partial charge is 0.397 e. The summed E-state index contributed by atoms with van der Waals surface area (Å²) < 4.78 is 0. The van der Waals surface area contributed by atoms with E-state index in [0.717, 1.165) is 23.8 Å². The van der Waals surface area contributed by atoms with Crippen LogP contribution in [0, 0.1) is 5.92 Å². The van der Waals surface area contributed by atoms with Crippen LogP contribution in [0.25, 0.3) is 0 Å². The quantitative estimate of drug-likeness (QED) is 0.867. The smallest absolute Gasteiger partial charge is 0.232 e. The van der Waals surface area contributed by atoms with Gasteiger partial charge in [-0.3, -0.25) is 4.79 Å². The summed E-state index contributed by atoms with van der Waals surface area (Å²) in [5, 5.41) is 0.742. The first-order valence-corrected chi connectivity index (χ1v) is 8.15. The molecule has 1 aliphatic carbocycles. The first kappa shape index (κ1) is 15.2. The van der Waals surface area contributed by atoms with Gasteiger partial charge in [-0.25, -0.2) is 4.98 Å². The lowest BCUT2D eigenvalue weighted by atomic mass is 9.87. The summed E-state index contributed by atoms with van der Waals surface area (Å²) in [5.74, 6) is 1.38. The maximum absolute atomic E-state index is 12.2. The molecule has 20 heavy (non-hydrogen) atoms. The first-order chi connectivity index (χ1) is 9.58. The zero-order valence-electron chi connectivity index (χ0n) is 12.2. The topological polar surface area (TPSA) is 59.2 Å². The van der Waals surface area contributed by atoms with Gasteiger partial charge in [0, 0.05) is 19.3 Å². The highest BCUT2D eigenvalue weighted by Gasteiger charge is 2.24. The van der Waals surface area contributed by atoms with Gasteiger partial charge in [-0.05, 0) is 43.7 Å². The Morgan fingerprint density at radius 1 is 1.45 bits per heavy atom. The third kappa shape index (κ3) is 3.88. The minimum Gasteiger partial charge on any atom is -0.397 e. The summed E-state index contributed by atoms with van der Waals surface area (Å²) in [7, 11) is 1.92. The maximum Gasteiger partial charge on any atom is 0.232 e. The zero-order valence-corrected chi connectivity index (χ0v) is 13.0. The van der Waals surface area contributed by atoms with Crippen molar-refractivity contribution in [3.05, 3.63) is 18.3 Å². The summed E-state index contributed by atoms with van der Waals surface area (Å²) in [6, 6.07) is 4.02. The van der Waals surface area contributed by atoms with E-state index in [1.807, 2.05) is 18.0 Å². The normalized spacial score (nSPS) is 22.5. The lowest BCUT2D eigenvalue weighted by Gasteiger charge is -2.33. The number of nitrogen functional groups attached to an aromatic ring is 1. The van der Waals surface area contributed by atoms with E-state index in [4.69, 9.17) is 5.73 Å². The van der Waals surface area contributed by atoms with Gasteiger partial charge in [0.25, 0.3) is 0 Å². The van der Waals surface area contributed by atoms with E-state index >= 15 is 0 Å². The molecule has 0 aromatic carbocycles. The molecule has 1 aromatic rings. The van der Waals surface area contributed by atoms with Crippen LogP contribution >= 0.6 is 11.8 Å². The molecule has 0 unspecified atom stereocenters. The fraction of sp³-hybridized carbons (Fsp3) is 0.600. The van der Waals surface area contributed by atoms with Gasteiger partial charge in [-0.1, -0.05) is 18.7 Å². The molecule has 0 radical (unpaired) electrons. The van der Waals surface area contributed by atoms with Gasteiger partial charge in [0.15, 0.2) is 0 Å². The third-order valence-electron chi connectivity index (χ3n) is 4.06. The molecule has 1 aliphatic rings. The van der Waals surface area contributed by atoms with Crippen LogP contribution in [0.2, 0.25) is 0 Å². The molecule has 0 bridgehead atoms. The van der Waals surface area contributed by atoms with Crippen molar-refractivity contribution in [2.45, 2.75) is 43.7 Å². The molecule has 2 N–H and O–H groups in total. The number of rotatable bonds is 4. The number of thioether (sulfide) groups is 1. The van der Waals surface area contributed by atoms with Crippen LogP contribution in [-0.2, 0) is 4.79 Å². The minimum absolute atomic E-state index is 0.166. The van der Waals surface area contributed by atoms with Crippen molar-refractivity contribution >= 4 is 23.4 Å². The number of carbonyl (C=O) groups excluding carboxylic acids is 1. The highest BCUT2D eigenvalue weighted by Crippen LogP contribution is 2.27. The Morgan fingerprint density at radius 2 is 2.15 bits per heavy atom. The monoisotopic (exact) mass is 293 g/mol. The standard InChI is InChI=1S/C15H23N3OS/c1-11-5-7-12(8-6-11)18(2)14(19)10-20-15-13(16)4-3-9-17-15/h3-4,9,11-12H,5-8,10,16H2,1-2H3. The van der Waals surface area contributed by atoms with E-state index in [9.17, 15) is 4.79 Å². The first-order valence-electron chi connectivity index (χ1n) is 7.17. The van der Waals surface area contributed by atoms with E-state index in [2.05, 4.69) is 11.9 Å². The Balaban J connectivity index is 1.84. The molecular weight excluding hydrogens is 270 g/mol. The maximum atomic E-state index is 12.2. The third-order valence-corrected chi connectivity index (χ3v) is 5.07. The van der Waals surface area contributed by atoms with Gasteiger partial charge in [-0.2, -0.15) is 0 Å². The highest BCUT2D eigenvalue weighted by molar-refractivity contribution is 8.00. The highest BCUT2D eigenvalue weighted by atomic mass is 32.2. The Kier molecular flexibility index (Phi) is 5.29. The summed E-state index contributed by atoms with van der Waals surface area (Å²) in [5.41, 5.74) is 6.47. The van der Waals surface area contributed by atoms with Crippen molar-refractivity contribution in [1.82, 2.24) is 9.88 Å². The molecule has 1 aromatic heterocycles. The molecule has 1 fully saturated rings. The summed E-state index contributed by atoms with van der Waals surface area (Å²) in [6.07, 6.45) is 6.40. The predicted octanol–water partition coefficient (Wildman–Crippen LogP) is 2.79. The number of amides is 1. The number of anilines is 1. The number of nitrogens with zero attached hydrogens (tertiary/aromatic N) is 2. The van der Waals surface area contributed by atoms with Crippen LogP contribution in [0.15, 0.2) is 23.4 Å². The van der Waals surface area contributed by atoms with Crippen molar-refractivity contribution in [3.63, 3.8) is 0 Å². The molecule has 1 amide bonds. The van der Waals surface area contributed by atoms with Crippen LogP contribution in [0.3, 0.4) is 0 Å². The van der Waals surface area contributed by atoms with Crippen molar-refractivity contribution in [2.24, 2.45) is 5.92 Å². The van der Waals surface area contributed by atoms with Crippen LogP contribution in [-0.4, -0.2) is 34.6 Å². The van der Waals surface area contributed by atoms with Gasteiger partial charge in [0.05, 0.1) is 11.4 Å². The molecular formula is C15H23N3OS. The Hall–Kier alpha value is -1.23. The lowest BCUT2D eigenvalue weighted by molar-refractivity contribution is -0.129. The molecule has 110 valence electrons. The van der Waals surface area contributed by atoms with Gasteiger partial charge >= 0.3 is 0 Å². The van der Waals surface area contributed by atoms with Crippen LogP contribution in [0.1, 0.15) is 32.6 Å². The van der Waals surface area contributed by atoms with E-state index in [0.29, 0.717) is 17.5 Å². The Labute approximate surface area is 125 Å². The molecule has 0 saturated heterocycles. The number of carbonyl (C=O) groups is 1. The van der Waals surface area contributed by atoms with E-state index < -0.39 is 0 Å². The summed E-state index contributed by atoms with van der Waals surface area (Å²) >= 11 is 1.42. The van der Waals surface area contributed by atoms with E-state index in [1.54, 1.807) is 12.3 Å². The zero-order chi connectivity index (χ0) is 14.5. The van der Waals surface area contributed by atoms with Gasteiger partial charge in [0.1, 0.15) is 5.03 Å². The number of hydrogen-bond acceptors (Lipinski definition) is 4. The number of aromatic nitrogens is 1. The molecule has 1 heterocycles. The second kappa shape index (κ2) is 6.97. The van der Waals surface area contributed by atoms with Crippen LogP contribution in [0.5, 0.6) is 0 Å². The number of hydrogen-bond donors (Lipinski definition) is 1. The summed E-state index contributed by atoms with van der Waals surface area (Å²) in [6.45, 7) is 2.29. The second-order valence-electron chi connectivity index (χ2n) is 5.60. The van der Waals surface area contributed by atoms with Gasteiger partial charge < -0.3 is 10.6 Å². The molecule has 5 heteroatoms. The SMILES string of the molecule is CC1CCC(N(C)C(=O)CSc2ncccc2N)CC1. The molecule has 0 spiro atoms. The van der Waals surface area contributed by atoms with Gasteiger partial charge in [0.2, 0.25) is 5.91 Å².